The van der Waals surface area contributed by atoms with Gasteiger partial charge in [-0.1, -0.05) is 19.9 Å². The molecule has 5 aliphatic rings. The number of hydrogen-bond donors (Lipinski definition) is 4. The highest BCUT2D eigenvalue weighted by atomic mass is 32.1. The Hall–Kier alpha value is -6.66. The van der Waals surface area contributed by atoms with E-state index in [9.17, 15) is 19.2 Å². The van der Waals surface area contributed by atoms with Crippen LogP contribution in [0.5, 0.6) is 5.75 Å². The number of aromatic nitrogens is 5. The molecular weight excluding hydrogens is 923 g/mol. The summed E-state index contributed by atoms with van der Waals surface area (Å²) >= 11 is 1.84. The van der Waals surface area contributed by atoms with Crippen LogP contribution in [0.2, 0.25) is 0 Å². The molecular formula is C53H61N9O8S. The predicted molar refractivity (Wildman–Crippen MR) is 267 cm³/mol. The number of rotatable bonds is 11. The number of aryl methyl sites for hydroxylation is 3. The van der Waals surface area contributed by atoms with Gasteiger partial charge in [0.25, 0.3) is 0 Å². The summed E-state index contributed by atoms with van der Waals surface area (Å²) < 4.78 is 24.9. The molecule has 4 aliphatic heterocycles. The Morgan fingerprint density at radius 2 is 1.46 bits per heavy atom. The first-order chi connectivity index (χ1) is 34.5. The van der Waals surface area contributed by atoms with Gasteiger partial charge < -0.3 is 49.3 Å². The first-order valence-corrected chi connectivity index (χ1v) is 25.9. The van der Waals surface area contributed by atoms with Gasteiger partial charge in [0.2, 0.25) is 18.0 Å². The van der Waals surface area contributed by atoms with Gasteiger partial charge in [0.1, 0.15) is 29.5 Å². The number of likely N-dealkylation sites (tertiary alicyclic amines) is 2. The number of carbonyl (C=O) groups excluding carboxylic acids is 4. The van der Waals surface area contributed by atoms with Crippen molar-refractivity contribution in [2.24, 2.45) is 11.8 Å². The Bertz CT molecular complexity index is 3000. The van der Waals surface area contributed by atoms with Crippen molar-refractivity contribution in [2.75, 3.05) is 40.5 Å². The lowest BCUT2D eigenvalue weighted by Crippen LogP contribution is -2.53. The largest absolute Gasteiger partial charge is 0.464 e. The van der Waals surface area contributed by atoms with Crippen LogP contribution in [0.15, 0.2) is 54.9 Å². The third-order valence-corrected chi connectivity index (χ3v) is 16.5. The van der Waals surface area contributed by atoms with Gasteiger partial charge in [0.05, 0.1) is 66.2 Å². The average molecular weight is 984 g/mol. The number of nitrogens with zero attached hydrogens (tertiary/aromatic N) is 5. The zero-order valence-corrected chi connectivity index (χ0v) is 41.7. The van der Waals surface area contributed by atoms with Crippen LogP contribution in [0.3, 0.4) is 0 Å². The fourth-order valence-electron chi connectivity index (χ4n) is 11.6. The summed E-state index contributed by atoms with van der Waals surface area (Å²) in [5.74, 6) is 1.76. The lowest BCUT2D eigenvalue weighted by Gasteiger charge is -2.34. The summed E-state index contributed by atoms with van der Waals surface area (Å²) in [5, 5.41) is 6.64. The molecule has 3 fully saturated rings. The number of thiophene rings is 1. The normalized spacial score (nSPS) is 20.6. The standard InChI is InChI=1S/C53H61N9O8S/c1-28(2)45(58-52(65)67-4)49(63)60-17-7-10-38(60)48-55-27-36(57-48)33-21-29(3)44-40-23-34-22-31(13-14-37(34)62(40)51(70-41(44)24-33)43-25-32-9-6-12-42(32)71-43)35-26-54-47(56-35)39-11-8-18-61(39)50(64)46(59-53(66)68-5)30-15-19-69-20-16-30/h13-14,21-28,30,38-39,45-46,51H,6-12,15-20H2,1-5H3,(H,54,56)(H,55,57)(H,58,65)(H,59,66)/t38-,39-,45-,46-,51?/m0/s1. The van der Waals surface area contributed by atoms with E-state index >= 15 is 0 Å². The summed E-state index contributed by atoms with van der Waals surface area (Å²) in [4.78, 5) is 75.9. The fourth-order valence-corrected chi connectivity index (χ4v) is 12.9. The van der Waals surface area contributed by atoms with Gasteiger partial charge in [-0.25, -0.2) is 19.6 Å². The number of amides is 4. The minimum Gasteiger partial charge on any atom is -0.464 e. The summed E-state index contributed by atoms with van der Waals surface area (Å²) in [5.41, 5.74) is 9.17. The van der Waals surface area contributed by atoms with Crippen LogP contribution in [-0.4, -0.2) is 111 Å². The highest BCUT2D eigenvalue weighted by Gasteiger charge is 2.41. The number of fused-ring (bicyclic) bond motifs is 6. The van der Waals surface area contributed by atoms with Crippen molar-refractivity contribution < 1.29 is 38.1 Å². The highest BCUT2D eigenvalue weighted by molar-refractivity contribution is 7.12. The zero-order chi connectivity index (χ0) is 49.1. The molecule has 6 aromatic rings. The smallest absolute Gasteiger partial charge is 0.407 e. The lowest BCUT2D eigenvalue weighted by molar-refractivity contribution is -0.137. The van der Waals surface area contributed by atoms with Gasteiger partial charge in [0, 0.05) is 53.3 Å². The molecule has 1 aliphatic carbocycles. The van der Waals surface area contributed by atoms with E-state index in [1.807, 2.05) is 47.4 Å². The van der Waals surface area contributed by atoms with E-state index in [0.717, 1.165) is 105 Å². The number of aromatic amines is 2. The molecule has 1 unspecified atom stereocenters. The number of methoxy groups -OCH3 is 2. The molecule has 0 spiro atoms. The van der Waals surface area contributed by atoms with Crippen molar-refractivity contribution in [2.45, 2.75) is 109 Å². The summed E-state index contributed by atoms with van der Waals surface area (Å²) in [6.45, 7) is 8.19. The molecule has 4 amide bonds. The van der Waals surface area contributed by atoms with Crippen LogP contribution in [0, 0.1) is 18.8 Å². The second-order valence-electron chi connectivity index (χ2n) is 19.9. The minimum absolute atomic E-state index is 0.0478. The van der Waals surface area contributed by atoms with Gasteiger partial charge in [0.15, 0.2) is 0 Å². The third kappa shape index (κ3) is 8.61. The van der Waals surface area contributed by atoms with Crippen LogP contribution in [0.4, 0.5) is 9.59 Å². The van der Waals surface area contributed by atoms with Crippen molar-refractivity contribution in [1.29, 1.82) is 0 Å². The molecule has 4 aromatic heterocycles. The van der Waals surface area contributed by atoms with Crippen molar-refractivity contribution in [3.63, 3.8) is 0 Å². The molecule has 0 bridgehead atoms. The molecule has 18 heteroatoms. The fraction of sp³-hybridized carbons (Fsp3) is 0.472. The quantitative estimate of drug-likeness (QED) is 0.0974. The first kappa shape index (κ1) is 46.7. The van der Waals surface area contributed by atoms with Gasteiger partial charge in [-0.05, 0) is 124 Å². The molecule has 2 aromatic carbocycles. The molecule has 372 valence electrons. The number of carbonyl (C=O) groups is 4. The van der Waals surface area contributed by atoms with E-state index in [-0.39, 0.29) is 35.7 Å². The predicted octanol–water partition coefficient (Wildman–Crippen LogP) is 8.75. The number of alkyl carbamates (subject to hydrolysis) is 2. The Kier molecular flexibility index (Phi) is 12.6. The molecule has 4 N–H and O–H groups in total. The zero-order valence-electron chi connectivity index (χ0n) is 40.8. The second-order valence-corrected chi connectivity index (χ2v) is 21.1. The number of H-pyrrole nitrogens is 2. The highest BCUT2D eigenvalue weighted by Crippen LogP contribution is 2.49. The Morgan fingerprint density at radius 3 is 2.14 bits per heavy atom. The molecule has 17 nitrogen and oxygen atoms in total. The van der Waals surface area contributed by atoms with Crippen molar-refractivity contribution >= 4 is 46.2 Å². The molecule has 71 heavy (non-hydrogen) atoms. The molecule has 11 rings (SSSR count). The number of nitrogens with one attached hydrogen (secondary N) is 4. The number of ether oxygens (including phenoxy) is 4. The van der Waals surface area contributed by atoms with Crippen LogP contribution >= 0.6 is 11.3 Å². The number of imidazole rings is 2. The van der Waals surface area contributed by atoms with Gasteiger partial charge in [-0.3, -0.25) is 14.2 Å². The molecule has 0 radical (unpaired) electrons. The van der Waals surface area contributed by atoms with Crippen LogP contribution in [-0.2, 0) is 36.6 Å². The van der Waals surface area contributed by atoms with Crippen LogP contribution < -0.4 is 15.4 Å². The van der Waals surface area contributed by atoms with Crippen LogP contribution in [0.25, 0.3) is 44.7 Å². The second kappa shape index (κ2) is 19.2. The summed E-state index contributed by atoms with van der Waals surface area (Å²) in [7, 11) is 2.61. The van der Waals surface area contributed by atoms with Crippen molar-refractivity contribution in [3.05, 3.63) is 87.4 Å². The maximum absolute atomic E-state index is 14.3. The summed E-state index contributed by atoms with van der Waals surface area (Å²) in [6, 6.07) is 13.4. The maximum Gasteiger partial charge on any atom is 0.407 e. The van der Waals surface area contributed by atoms with E-state index < -0.39 is 30.5 Å². The minimum atomic E-state index is -0.719. The number of hydrogen-bond acceptors (Lipinski definition) is 11. The average Bonchev–Trinajstić information content (AvgIpc) is 4.24. The monoisotopic (exact) mass is 983 g/mol. The van der Waals surface area contributed by atoms with Gasteiger partial charge in [-0.2, -0.15) is 0 Å². The van der Waals surface area contributed by atoms with Crippen LogP contribution in [0.1, 0.15) is 110 Å². The van der Waals surface area contributed by atoms with E-state index in [1.54, 1.807) is 0 Å². The molecule has 3 saturated heterocycles. The Balaban J connectivity index is 0.899. The first-order valence-electron chi connectivity index (χ1n) is 25.0. The van der Waals surface area contributed by atoms with Crippen molar-refractivity contribution in [1.82, 2.24) is 44.9 Å². The van der Waals surface area contributed by atoms with E-state index in [2.05, 4.69) is 74.6 Å². The van der Waals surface area contributed by atoms with Crippen molar-refractivity contribution in [3.8, 4) is 39.5 Å². The maximum atomic E-state index is 14.3. The Morgan fingerprint density at radius 1 is 0.789 bits per heavy atom. The van der Waals surface area contributed by atoms with E-state index in [4.69, 9.17) is 28.9 Å². The van der Waals surface area contributed by atoms with Gasteiger partial charge in [-0.15, -0.1) is 11.3 Å². The third-order valence-electron chi connectivity index (χ3n) is 15.2. The van der Waals surface area contributed by atoms with Gasteiger partial charge >= 0.3 is 12.2 Å². The molecule has 8 heterocycles. The summed E-state index contributed by atoms with van der Waals surface area (Å²) in [6.07, 6.45) is 9.91. The van der Waals surface area contributed by atoms with E-state index in [0.29, 0.717) is 45.0 Å². The SMILES string of the molecule is COC(=O)N[C@H](C(=O)N1CCC[C@H]1c1ncc(-c2cc(C)c3c(c2)OC(c2cc4c(s2)CCC4)n2c-3cc3cc(-c4cnc([C@@H]5CCCN5C(=O)[C@@H](NC(=O)OC)C5CCOCC5)[nH]4)ccc32)[nH]1)C(C)C. The van der Waals surface area contributed by atoms with E-state index in [1.165, 1.54) is 31.1 Å². The number of benzene rings is 2. The molecule has 0 saturated carbocycles. The lowest BCUT2D eigenvalue weighted by atomic mass is 9.90. The topological polar surface area (TPSA) is 198 Å². The Labute approximate surface area is 416 Å². The molecule has 5 atom stereocenters.